The second kappa shape index (κ2) is 4.30. The van der Waals surface area contributed by atoms with Gasteiger partial charge in [0, 0.05) is 12.1 Å². The van der Waals surface area contributed by atoms with Crippen molar-refractivity contribution in [3.63, 3.8) is 0 Å². The van der Waals surface area contributed by atoms with E-state index in [1.165, 1.54) is 38.3 Å². The normalized spacial score (nSPS) is 11.4. The molecule has 0 aliphatic heterocycles. The Morgan fingerprint density at radius 2 is 1.94 bits per heavy atom. The lowest BCUT2D eigenvalue weighted by atomic mass is 10.3. The second-order valence-corrected chi connectivity index (χ2v) is 5.36. The number of benzene rings is 1. The summed E-state index contributed by atoms with van der Waals surface area (Å²) in [4.78, 5) is -0.145. The number of hydrogen-bond donors (Lipinski definition) is 0. The summed E-state index contributed by atoms with van der Waals surface area (Å²) in [6.07, 6.45) is 0. The van der Waals surface area contributed by atoms with Crippen LogP contribution < -0.4 is 9.64 Å². The van der Waals surface area contributed by atoms with Crippen molar-refractivity contribution in [3.8, 4) is 5.75 Å². The van der Waals surface area contributed by atoms with Crippen LogP contribution in [0.4, 0.5) is 0 Å². The molecule has 0 aliphatic rings. The zero-order valence-electron chi connectivity index (χ0n) is 9.65. The van der Waals surface area contributed by atoms with Crippen molar-refractivity contribution < 1.29 is 22.7 Å². The van der Waals surface area contributed by atoms with E-state index in [1.54, 1.807) is 0 Å². The summed E-state index contributed by atoms with van der Waals surface area (Å²) >= 11 is 0. The molecule has 2 rings (SSSR count). The van der Waals surface area contributed by atoms with Crippen LogP contribution in [-0.2, 0) is 9.84 Å². The van der Waals surface area contributed by atoms with E-state index in [9.17, 15) is 13.6 Å². The highest BCUT2D eigenvalue weighted by atomic mass is 32.2. The lowest BCUT2D eigenvalue weighted by Gasteiger charge is -2.03. The van der Waals surface area contributed by atoms with Crippen molar-refractivity contribution in [2.24, 2.45) is 0 Å². The average Bonchev–Trinajstić information content (AvgIpc) is 2.69. The van der Waals surface area contributed by atoms with Gasteiger partial charge in [-0.2, -0.15) is 0 Å². The number of sulfone groups is 1. The Kier molecular flexibility index (Phi) is 2.95. The summed E-state index contributed by atoms with van der Waals surface area (Å²) in [7, 11) is -2.47. The number of methoxy groups -OCH3 is 1. The van der Waals surface area contributed by atoms with Crippen LogP contribution in [0.2, 0.25) is 0 Å². The van der Waals surface area contributed by atoms with Gasteiger partial charge in [-0.1, -0.05) is 0 Å². The Hall–Kier alpha value is -2.09. The van der Waals surface area contributed by atoms with Gasteiger partial charge in [-0.15, -0.1) is 0 Å². The van der Waals surface area contributed by atoms with Crippen molar-refractivity contribution in [1.29, 1.82) is 0 Å². The SMILES string of the molecule is COc1ccc(S(=O)(=O)c2c(C)no[n+]2[O-])cc1. The highest BCUT2D eigenvalue weighted by Crippen LogP contribution is 2.22. The summed E-state index contributed by atoms with van der Waals surface area (Å²) in [6, 6.07) is 5.68. The third-order valence-corrected chi connectivity index (χ3v) is 4.20. The Labute approximate surface area is 103 Å². The fourth-order valence-corrected chi connectivity index (χ4v) is 2.84. The molecule has 8 heteroatoms. The molecule has 0 spiro atoms. The first-order valence-electron chi connectivity index (χ1n) is 4.92. The number of aromatic nitrogens is 2. The summed E-state index contributed by atoms with van der Waals surface area (Å²) < 4.78 is 33.5. The molecule has 18 heavy (non-hydrogen) atoms. The number of hydrogen-bond acceptors (Lipinski definition) is 6. The Morgan fingerprint density at radius 3 is 2.39 bits per heavy atom. The van der Waals surface area contributed by atoms with Crippen LogP contribution in [0, 0.1) is 12.1 Å². The van der Waals surface area contributed by atoms with Gasteiger partial charge in [0.2, 0.25) is 5.69 Å². The summed E-state index contributed by atoms with van der Waals surface area (Å²) in [6.45, 7) is 1.38. The zero-order chi connectivity index (χ0) is 13.3. The van der Waals surface area contributed by atoms with E-state index >= 15 is 0 Å². The van der Waals surface area contributed by atoms with Gasteiger partial charge in [0.1, 0.15) is 5.75 Å². The number of aryl methyl sites for hydroxylation is 1. The van der Waals surface area contributed by atoms with Gasteiger partial charge < -0.3 is 9.94 Å². The van der Waals surface area contributed by atoms with Crippen molar-refractivity contribution >= 4 is 9.84 Å². The van der Waals surface area contributed by atoms with Gasteiger partial charge in [0.05, 0.1) is 12.0 Å². The third-order valence-electron chi connectivity index (χ3n) is 2.35. The zero-order valence-corrected chi connectivity index (χ0v) is 10.5. The first-order chi connectivity index (χ1) is 8.46. The van der Waals surface area contributed by atoms with Gasteiger partial charge in [0.15, 0.2) is 0 Å². The monoisotopic (exact) mass is 270 g/mol. The first-order valence-corrected chi connectivity index (χ1v) is 6.40. The molecule has 0 unspecified atom stereocenters. The van der Waals surface area contributed by atoms with Gasteiger partial charge in [-0.05, 0) is 29.2 Å². The van der Waals surface area contributed by atoms with E-state index in [-0.39, 0.29) is 15.5 Å². The fraction of sp³-hybridized carbons (Fsp3) is 0.200. The molecule has 1 aromatic heterocycles. The Morgan fingerprint density at radius 1 is 1.33 bits per heavy atom. The van der Waals surface area contributed by atoms with Crippen LogP contribution >= 0.6 is 0 Å². The van der Waals surface area contributed by atoms with E-state index < -0.39 is 14.9 Å². The van der Waals surface area contributed by atoms with Gasteiger partial charge in [-0.3, -0.25) is 4.63 Å². The molecule has 1 heterocycles. The van der Waals surface area contributed by atoms with Gasteiger partial charge in [0.25, 0.3) is 9.84 Å². The van der Waals surface area contributed by atoms with Crippen LogP contribution in [0.5, 0.6) is 5.75 Å². The molecule has 0 fully saturated rings. The lowest BCUT2D eigenvalue weighted by molar-refractivity contribution is -0.832. The van der Waals surface area contributed by atoms with Crippen LogP contribution in [0.3, 0.4) is 0 Å². The van der Waals surface area contributed by atoms with Crippen LogP contribution in [0.25, 0.3) is 0 Å². The maximum Gasteiger partial charge on any atom is 0.316 e. The Bertz CT molecular complexity index is 641. The minimum atomic E-state index is -3.94. The Balaban J connectivity index is 2.55. The summed E-state index contributed by atoms with van der Waals surface area (Å²) in [5.41, 5.74) is 0.0146. The predicted octanol–water partition coefficient (Wildman–Crippen LogP) is 0.458. The predicted molar refractivity (Wildman–Crippen MR) is 58.6 cm³/mol. The maximum absolute atomic E-state index is 12.2. The highest BCUT2D eigenvalue weighted by molar-refractivity contribution is 7.91. The molecule has 1 aromatic carbocycles. The van der Waals surface area contributed by atoms with Crippen LogP contribution in [0.1, 0.15) is 5.69 Å². The minimum absolute atomic E-state index is 0.0146. The smallest absolute Gasteiger partial charge is 0.316 e. The number of nitrogens with zero attached hydrogens (tertiary/aromatic N) is 2. The van der Waals surface area contributed by atoms with E-state index in [0.717, 1.165) is 0 Å². The molecular weight excluding hydrogens is 260 g/mol. The molecule has 0 aliphatic carbocycles. The van der Waals surface area contributed by atoms with E-state index in [0.29, 0.717) is 5.75 Å². The minimum Gasteiger partial charge on any atom is -0.497 e. The van der Waals surface area contributed by atoms with Crippen LogP contribution in [-0.4, -0.2) is 20.7 Å². The van der Waals surface area contributed by atoms with E-state index in [1.807, 2.05) is 0 Å². The number of rotatable bonds is 3. The van der Waals surface area contributed by atoms with Crippen molar-refractivity contribution in [1.82, 2.24) is 5.16 Å². The van der Waals surface area contributed by atoms with Crippen molar-refractivity contribution in [3.05, 3.63) is 35.2 Å². The molecular formula is C10H10N2O5S. The van der Waals surface area contributed by atoms with E-state index in [4.69, 9.17) is 4.74 Å². The average molecular weight is 270 g/mol. The molecule has 0 saturated heterocycles. The molecule has 0 radical (unpaired) electrons. The fourth-order valence-electron chi connectivity index (χ4n) is 1.47. The lowest BCUT2D eigenvalue weighted by Crippen LogP contribution is -2.31. The molecule has 96 valence electrons. The molecule has 0 N–H and O–H groups in total. The molecule has 0 amide bonds. The van der Waals surface area contributed by atoms with Gasteiger partial charge in [-0.25, -0.2) is 8.42 Å². The molecule has 2 aromatic rings. The highest BCUT2D eigenvalue weighted by Gasteiger charge is 2.31. The summed E-state index contributed by atoms with van der Waals surface area (Å²) in [5.74, 6) is 0.519. The van der Waals surface area contributed by atoms with E-state index in [2.05, 4.69) is 9.79 Å². The molecule has 0 bridgehead atoms. The largest absolute Gasteiger partial charge is 0.497 e. The third kappa shape index (κ3) is 1.90. The van der Waals surface area contributed by atoms with Crippen LogP contribution in [0.15, 0.2) is 38.8 Å². The van der Waals surface area contributed by atoms with Crippen molar-refractivity contribution in [2.45, 2.75) is 16.8 Å². The number of ether oxygens (including phenoxy) is 1. The molecule has 7 nitrogen and oxygen atoms in total. The van der Waals surface area contributed by atoms with Gasteiger partial charge >= 0.3 is 5.03 Å². The second-order valence-electron chi connectivity index (χ2n) is 3.50. The standard InChI is InChI=1S/C10H10N2O5S/c1-7-10(12(13)17-11-7)18(14,15)9-5-3-8(16-2)4-6-9/h3-6H,1-2H3. The van der Waals surface area contributed by atoms with Crippen molar-refractivity contribution in [2.75, 3.05) is 7.11 Å². The maximum atomic E-state index is 12.2. The molecule has 0 atom stereocenters. The topological polar surface area (TPSA) is 96.3 Å². The summed E-state index contributed by atoms with van der Waals surface area (Å²) in [5, 5.41) is 14.1. The first kappa shape index (κ1) is 12.4. The quantitative estimate of drug-likeness (QED) is 0.751. The molecule has 0 saturated carbocycles.